The molecule has 1 aliphatic heterocycles. The summed E-state index contributed by atoms with van der Waals surface area (Å²) in [6.45, 7) is 4.37. The van der Waals surface area contributed by atoms with E-state index in [0.717, 1.165) is 23.8 Å². The van der Waals surface area contributed by atoms with Crippen molar-refractivity contribution in [2.45, 2.75) is 18.9 Å². The van der Waals surface area contributed by atoms with Gasteiger partial charge in [-0.05, 0) is 25.4 Å². The molecule has 0 aromatic carbocycles. The molecule has 2 aromatic heterocycles. The quantitative estimate of drug-likeness (QED) is 0.870. The van der Waals surface area contributed by atoms with Crippen molar-refractivity contribution >= 4 is 17.2 Å². The van der Waals surface area contributed by atoms with E-state index >= 15 is 0 Å². The third-order valence-corrected chi connectivity index (χ3v) is 5.51. The predicted molar refractivity (Wildman–Crippen MR) is 87.9 cm³/mol. The van der Waals surface area contributed by atoms with E-state index < -0.39 is 0 Å². The Morgan fingerprint density at radius 1 is 1.41 bits per heavy atom. The molecule has 0 radical (unpaired) electrons. The Morgan fingerprint density at radius 2 is 2.23 bits per heavy atom. The van der Waals surface area contributed by atoms with Crippen LogP contribution in [0.5, 0.6) is 0 Å². The van der Waals surface area contributed by atoms with E-state index in [9.17, 15) is 4.79 Å². The average molecular weight is 318 g/mol. The Labute approximate surface area is 135 Å². The summed E-state index contributed by atoms with van der Waals surface area (Å²) in [5.41, 5.74) is 0. The van der Waals surface area contributed by atoms with E-state index in [2.05, 4.69) is 16.9 Å². The molecule has 0 aliphatic carbocycles. The number of nitrogens with zero attached hydrogens (tertiary/aromatic N) is 4. The van der Waals surface area contributed by atoms with Gasteiger partial charge >= 0.3 is 0 Å². The summed E-state index contributed by atoms with van der Waals surface area (Å²) in [4.78, 5) is 22.7. The summed E-state index contributed by atoms with van der Waals surface area (Å²) in [6, 6.07) is 4.21. The van der Waals surface area contributed by atoms with Gasteiger partial charge in [-0.25, -0.2) is 4.98 Å². The number of rotatable bonds is 3. The molecule has 3 heterocycles. The molecule has 0 unspecified atom stereocenters. The molecule has 2 aromatic rings. The Balaban J connectivity index is 1.75. The van der Waals surface area contributed by atoms with Crippen molar-refractivity contribution in [2.75, 3.05) is 26.7 Å². The van der Waals surface area contributed by atoms with E-state index in [1.165, 1.54) is 0 Å². The van der Waals surface area contributed by atoms with E-state index in [4.69, 9.17) is 0 Å². The summed E-state index contributed by atoms with van der Waals surface area (Å²) < 4.78 is 2.04. The van der Waals surface area contributed by atoms with Crippen molar-refractivity contribution in [3.8, 4) is 0 Å². The minimum absolute atomic E-state index is 0.0644. The number of thiophene rings is 1. The molecule has 0 bridgehead atoms. The summed E-state index contributed by atoms with van der Waals surface area (Å²) in [5.74, 6) is 1.17. The second-order valence-corrected chi connectivity index (χ2v) is 6.89. The van der Waals surface area contributed by atoms with Crippen LogP contribution >= 0.6 is 11.3 Å². The molecular weight excluding hydrogens is 296 g/mol. The Morgan fingerprint density at radius 3 is 2.86 bits per heavy atom. The molecule has 6 heteroatoms. The van der Waals surface area contributed by atoms with Gasteiger partial charge in [0, 0.05) is 44.0 Å². The first-order valence-corrected chi connectivity index (χ1v) is 8.45. The zero-order valence-corrected chi connectivity index (χ0v) is 14.1. The van der Waals surface area contributed by atoms with Crippen molar-refractivity contribution in [2.24, 2.45) is 7.05 Å². The third-order valence-electron chi connectivity index (χ3n) is 4.46. The standard InChI is InChI=1S/C16H22N4OS/c1-12(14-5-4-10-22-14)16(21)20-9-8-18(2)13(11-20)15-17-6-7-19(15)3/h4-7,10,12-13H,8-9,11H2,1-3H3/t12-,13-/m1/s1. The summed E-state index contributed by atoms with van der Waals surface area (Å²) >= 11 is 1.65. The van der Waals surface area contributed by atoms with Crippen LogP contribution < -0.4 is 0 Å². The Hall–Kier alpha value is -1.66. The topological polar surface area (TPSA) is 41.4 Å². The van der Waals surface area contributed by atoms with Crippen LogP contribution in [0, 0.1) is 0 Å². The Kier molecular flexibility index (Phi) is 4.31. The van der Waals surface area contributed by atoms with Crippen LogP contribution in [-0.4, -0.2) is 51.9 Å². The third kappa shape index (κ3) is 2.80. The fourth-order valence-corrected chi connectivity index (χ4v) is 3.76. The lowest BCUT2D eigenvalue weighted by molar-refractivity contribution is -0.135. The number of amides is 1. The molecule has 3 rings (SSSR count). The summed E-state index contributed by atoms with van der Waals surface area (Å²) in [6.07, 6.45) is 3.77. The lowest BCUT2D eigenvalue weighted by atomic mass is 10.1. The highest BCUT2D eigenvalue weighted by Crippen LogP contribution is 2.27. The lowest BCUT2D eigenvalue weighted by Crippen LogP contribution is -2.50. The molecule has 118 valence electrons. The van der Waals surface area contributed by atoms with Crippen molar-refractivity contribution in [3.05, 3.63) is 40.6 Å². The van der Waals surface area contributed by atoms with Crippen LogP contribution in [0.3, 0.4) is 0 Å². The van der Waals surface area contributed by atoms with Gasteiger partial charge in [-0.2, -0.15) is 0 Å². The van der Waals surface area contributed by atoms with Gasteiger partial charge in [0.15, 0.2) is 0 Å². The van der Waals surface area contributed by atoms with E-state index in [-0.39, 0.29) is 17.9 Å². The van der Waals surface area contributed by atoms with Crippen LogP contribution in [0.2, 0.25) is 0 Å². The average Bonchev–Trinajstić information content (AvgIpc) is 3.18. The van der Waals surface area contributed by atoms with E-state index in [1.807, 2.05) is 53.3 Å². The highest BCUT2D eigenvalue weighted by Gasteiger charge is 2.32. The van der Waals surface area contributed by atoms with Gasteiger partial charge in [0.1, 0.15) is 5.82 Å². The molecule has 1 aliphatic rings. The first-order valence-electron chi connectivity index (χ1n) is 7.57. The minimum atomic E-state index is -0.0644. The number of hydrogen-bond donors (Lipinski definition) is 0. The Bertz CT molecular complexity index is 636. The first kappa shape index (κ1) is 15.2. The van der Waals surface area contributed by atoms with E-state index in [1.54, 1.807) is 11.3 Å². The highest BCUT2D eigenvalue weighted by atomic mass is 32.1. The lowest BCUT2D eigenvalue weighted by Gasteiger charge is -2.39. The van der Waals surface area contributed by atoms with Gasteiger partial charge in [-0.15, -0.1) is 11.3 Å². The van der Waals surface area contributed by atoms with Gasteiger partial charge in [0.05, 0.1) is 12.0 Å². The smallest absolute Gasteiger partial charge is 0.230 e. The first-order chi connectivity index (χ1) is 10.6. The number of hydrogen-bond acceptors (Lipinski definition) is 4. The number of aryl methyl sites for hydroxylation is 1. The fraction of sp³-hybridized carbons (Fsp3) is 0.500. The van der Waals surface area contributed by atoms with Crippen LogP contribution in [-0.2, 0) is 11.8 Å². The normalized spacial score (nSPS) is 21.0. The number of imidazole rings is 1. The molecular formula is C16H22N4OS. The molecule has 1 saturated heterocycles. The van der Waals surface area contributed by atoms with Gasteiger partial charge < -0.3 is 9.47 Å². The largest absolute Gasteiger partial charge is 0.339 e. The fourth-order valence-electron chi connectivity index (χ4n) is 2.98. The molecule has 5 nitrogen and oxygen atoms in total. The van der Waals surface area contributed by atoms with Crippen molar-refractivity contribution < 1.29 is 4.79 Å². The monoisotopic (exact) mass is 318 g/mol. The molecule has 0 spiro atoms. The van der Waals surface area contributed by atoms with Crippen LogP contribution in [0.25, 0.3) is 0 Å². The van der Waals surface area contributed by atoms with E-state index in [0.29, 0.717) is 6.54 Å². The second kappa shape index (κ2) is 6.22. The van der Waals surface area contributed by atoms with Gasteiger partial charge in [-0.3, -0.25) is 9.69 Å². The number of carbonyl (C=O) groups is 1. The minimum Gasteiger partial charge on any atom is -0.339 e. The van der Waals surface area contributed by atoms with Crippen LogP contribution in [0.15, 0.2) is 29.9 Å². The maximum absolute atomic E-state index is 12.8. The van der Waals surface area contributed by atoms with Crippen molar-refractivity contribution in [1.82, 2.24) is 19.4 Å². The van der Waals surface area contributed by atoms with Crippen molar-refractivity contribution in [1.29, 1.82) is 0 Å². The van der Waals surface area contributed by atoms with Crippen molar-refractivity contribution in [3.63, 3.8) is 0 Å². The van der Waals surface area contributed by atoms with Gasteiger partial charge in [0.2, 0.25) is 5.91 Å². The van der Waals surface area contributed by atoms with Crippen LogP contribution in [0.4, 0.5) is 0 Å². The summed E-state index contributed by atoms with van der Waals surface area (Å²) in [7, 11) is 4.11. The van der Waals surface area contributed by atoms with Gasteiger partial charge in [0.25, 0.3) is 0 Å². The second-order valence-electron chi connectivity index (χ2n) is 5.91. The highest BCUT2D eigenvalue weighted by molar-refractivity contribution is 7.10. The maximum Gasteiger partial charge on any atom is 0.230 e. The molecule has 0 N–H and O–H groups in total. The molecule has 1 amide bonds. The number of piperazine rings is 1. The maximum atomic E-state index is 12.8. The SMILES string of the molecule is C[C@@H](C(=O)N1CCN(C)[C@@H](c2nccn2C)C1)c1cccs1. The zero-order valence-electron chi connectivity index (χ0n) is 13.3. The summed E-state index contributed by atoms with van der Waals surface area (Å²) in [5, 5.41) is 2.03. The molecule has 22 heavy (non-hydrogen) atoms. The molecule has 2 atom stereocenters. The number of aromatic nitrogens is 2. The zero-order chi connectivity index (χ0) is 15.7. The number of likely N-dealkylation sites (N-methyl/N-ethyl adjacent to an activating group) is 1. The molecule has 0 saturated carbocycles. The number of carbonyl (C=O) groups excluding carboxylic acids is 1. The van der Waals surface area contributed by atoms with Crippen LogP contribution in [0.1, 0.15) is 29.6 Å². The van der Waals surface area contributed by atoms with Gasteiger partial charge in [-0.1, -0.05) is 6.07 Å². The molecule has 1 fully saturated rings. The predicted octanol–water partition coefficient (Wildman–Crippen LogP) is 2.10.